The van der Waals surface area contributed by atoms with Gasteiger partial charge in [-0.2, -0.15) is 0 Å². The number of carbonyl (C=O) groups excluding carboxylic acids is 3. The summed E-state index contributed by atoms with van der Waals surface area (Å²) < 4.78 is 0. The van der Waals surface area contributed by atoms with Crippen molar-refractivity contribution in [1.29, 1.82) is 0 Å². The van der Waals surface area contributed by atoms with Crippen LogP contribution in [0.25, 0.3) is 0 Å². The van der Waals surface area contributed by atoms with Crippen molar-refractivity contribution in [1.82, 2.24) is 20.9 Å². The molecule has 1 aromatic carbocycles. The molecular formula is C20H26N4O3. The molecule has 27 heavy (non-hydrogen) atoms. The summed E-state index contributed by atoms with van der Waals surface area (Å²) in [5, 5.41) is 9.41. The first kappa shape index (κ1) is 18.1. The number of fused-ring (bicyclic) bond motifs is 1. The van der Waals surface area contributed by atoms with Crippen LogP contribution in [0.2, 0.25) is 0 Å². The Bertz CT molecular complexity index is 785. The Labute approximate surface area is 158 Å². The van der Waals surface area contributed by atoms with Crippen molar-refractivity contribution in [2.45, 2.75) is 57.3 Å². The van der Waals surface area contributed by atoms with Crippen LogP contribution in [-0.4, -0.2) is 47.3 Å². The van der Waals surface area contributed by atoms with Gasteiger partial charge in [-0.3, -0.25) is 19.7 Å². The number of hydrogen-bond acceptors (Lipinski definition) is 5. The van der Waals surface area contributed by atoms with E-state index >= 15 is 0 Å². The molecule has 3 heterocycles. The molecule has 3 amide bonds. The second-order valence-corrected chi connectivity index (χ2v) is 8.04. The van der Waals surface area contributed by atoms with Crippen molar-refractivity contribution in [2.24, 2.45) is 0 Å². The smallest absolute Gasteiger partial charge is 0.255 e. The second-order valence-electron chi connectivity index (χ2n) is 8.04. The number of benzene rings is 1. The van der Waals surface area contributed by atoms with Gasteiger partial charge in [0.1, 0.15) is 6.04 Å². The van der Waals surface area contributed by atoms with E-state index in [4.69, 9.17) is 0 Å². The van der Waals surface area contributed by atoms with Crippen LogP contribution < -0.4 is 16.0 Å². The lowest BCUT2D eigenvalue weighted by Crippen LogP contribution is -2.52. The van der Waals surface area contributed by atoms with Crippen molar-refractivity contribution in [3.05, 3.63) is 34.9 Å². The minimum atomic E-state index is -0.565. The summed E-state index contributed by atoms with van der Waals surface area (Å²) in [4.78, 5) is 38.0. The van der Waals surface area contributed by atoms with Crippen LogP contribution in [0.1, 0.15) is 54.1 Å². The Morgan fingerprint density at radius 2 is 2.15 bits per heavy atom. The zero-order valence-corrected chi connectivity index (χ0v) is 15.6. The summed E-state index contributed by atoms with van der Waals surface area (Å²) in [6, 6.07) is 5.20. The zero-order valence-electron chi connectivity index (χ0n) is 15.6. The number of imide groups is 1. The predicted octanol–water partition coefficient (Wildman–Crippen LogP) is 0.679. The quantitative estimate of drug-likeness (QED) is 0.663. The maximum absolute atomic E-state index is 12.8. The van der Waals surface area contributed by atoms with Crippen molar-refractivity contribution in [3.8, 4) is 0 Å². The molecule has 0 radical (unpaired) electrons. The first-order valence-electron chi connectivity index (χ1n) is 9.68. The zero-order chi connectivity index (χ0) is 19.0. The van der Waals surface area contributed by atoms with E-state index in [0.717, 1.165) is 30.6 Å². The molecule has 3 aliphatic rings. The van der Waals surface area contributed by atoms with Crippen LogP contribution in [0.5, 0.6) is 0 Å². The highest BCUT2D eigenvalue weighted by molar-refractivity contribution is 6.05. The largest absolute Gasteiger partial charge is 0.322 e. The van der Waals surface area contributed by atoms with Crippen molar-refractivity contribution in [2.75, 3.05) is 13.1 Å². The minimum Gasteiger partial charge on any atom is -0.322 e. The third-order valence-electron chi connectivity index (χ3n) is 5.97. The SMILES string of the molecule is C[C@@]1(CNCc2cccc3c2CN(C2CCC(=O)NC2=O)C3=O)CCCN1. The maximum atomic E-state index is 12.8. The van der Waals surface area contributed by atoms with Crippen molar-refractivity contribution < 1.29 is 14.4 Å². The Balaban J connectivity index is 1.46. The van der Waals surface area contributed by atoms with Gasteiger partial charge in [0, 0.05) is 37.2 Å². The number of rotatable bonds is 5. The minimum absolute atomic E-state index is 0.120. The summed E-state index contributed by atoms with van der Waals surface area (Å²) in [5.41, 5.74) is 2.89. The summed E-state index contributed by atoms with van der Waals surface area (Å²) in [6.45, 7) is 5.29. The van der Waals surface area contributed by atoms with Gasteiger partial charge in [-0.25, -0.2) is 0 Å². The number of nitrogens with zero attached hydrogens (tertiary/aromatic N) is 1. The predicted molar refractivity (Wildman–Crippen MR) is 99.8 cm³/mol. The highest BCUT2D eigenvalue weighted by Crippen LogP contribution is 2.30. The van der Waals surface area contributed by atoms with Gasteiger partial charge in [-0.1, -0.05) is 12.1 Å². The molecule has 3 N–H and O–H groups in total. The molecule has 7 heteroatoms. The topological polar surface area (TPSA) is 90.5 Å². The molecule has 0 aromatic heterocycles. The average molecular weight is 370 g/mol. The van der Waals surface area contributed by atoms with Crippen LogP contribution in [-0.2, 0) is 22.7 Å². The molecular weight excluding hydrogens is 344 g/mol. The third-order valence-corrected chi connectivity index (χ3v) is 5.97. The molecule has 144 valence electrons. The van der Waals surface area contributed by atoms with Crippen LogP contribution >= 0.6 is 0 Å². The van der Waals surface area contributed by atoms with Gasteiger partial charge in [0.05, 0.1) is 0 Å². The van der Waals surface area contributed by atoms with Gasteiger partial charge in [0.2, 0.25) is 11.8 Å². The average Bonchev–Trinajstić information content (AvgIpc) is 3.20. The van der Waals surface area contributed by atoms with E-state index in [1.807, 2.05) is 18.2 Å². The molecule has 4 rings (SSSR count). The number of piperidine rings is 1. The van der Waals surface area contributed by atoms with Crippen molar-refractivity contribution in [3.63, 3.8) is 0 Å². The van der Waals surface area contributed by atoms with E-state index in [9.17, 15) is 14.4 Å². The molecule has 3 aliphatic heterocycles. The lowest BCUT2D eigenvalue weighted by Gasteiger charge is -2.29. The van der Waals surface area contributed by atoms with Crippen molar-refractivity contribution >= 4 is 17.7 Å². The number of hydrogen-bond donors (Lipinski definition) is 3. The number of carbonyl (C=O) groups is 3. The Morgan fingerprint density at radius 3 is 2.89 bits per heavy atom. The second kappa shape index (κ2) is 7.05. The van der Waals surface area contributed by atoms with Crippen LogP contribution in [0.3, 0.4) is 0 Å². The monoisotopic (exact) mass is 370 g/mol. The molecule has 2 saturated heterocycles. The molecule has 1 aromatic rings. The summed E-state index contributed by atoms with van der Waals surface area (Å²) in [6.07, 6.45) is 3.03. The molecule has 2 fully saturated rings. The van der Waals surface area contributed by atoms with Crippen LogP contribution in [0.15, 0.2) is 18.2 Å². The van der Waals surface area contributed by atoms with E-state index in [-0.39, 0.29) is 29.7 Å². The highest BCUT2D eigenvalue weighted by Gasteiger charge is 2.39. The summed E-state index contributed by atoms with van der Waals surface area (Å²) in [5.74, 6) is -0.752. The summed E-state index contributed by atoms with van der Waals surface area (Å²) in [7, 11) is 0. The third kappa shape index (κ3) is 3.49. The first-order valence-corrected chi connectivity index (χ1v) is 9.68. The molecule has 0 spiro atoms. The molecule has 1 unspecified atom stereocenters. The Kier molecular flexibility index (Phi) is 4.74. The van der Waals surface area contributed by atoms with E-state index in [1.165, 1.54) is 6.42 Å². The fourth-order valence-electron chi connectivity index (χ4n) is 4.40. The normalized spacial score (nSPS) is 27.8. The van der Waals surface area contributed by atoms with E-state index in [2.05, 4.69) is 22.9 Å². The molecule has 0 bridgehead atoms. The highest BCUT2D eigenvalue weighted by atomic mass is 16.2. The Morgan fingerprint density at radius 1 is 1.30 bits per heavy atom. The first-order chi connectivity index (χ1) is 13.0. The molecule has 2 atom stereocenters. The van der Waals surface area contributed by atoms with Gasteiger partial charge < -0.3 is 15.5 Å². The van der Waals surface area contributed by atoms with Gasteiger partial charge in [-0.15, -0.1) is 0 Å². The maximum Gasteiger partial charge on any atom is 0.255 e. The lowest BCUT2D eigenvalue weighted by molar-refractivity contribution is -0.136. The standard InChI is InChI=1S/C20H26N4O3/c1-20(8-3-9-22-20)12-21-10-13-4-2-5-14-15(13)11-24(19(14)27)16-6-7-17(25)23-18(16)26/h2,4-5,16,21-22H,3,6-12H2,1H3,(H,23,25,26)/t16?,20-/m0/s1. The summed E-state index contributed by atoms with van der Waals surface area (Å²) >= 11 is 0. The molecule has 0 saturated carbocycles. The van der Waals surface area contributed by atoms with Gasteiger partial charge in [0.15, 0.2) is 0 Å². The van der Waals surface area contributed by atoms with Gasteiger partial charge in [0.25, 0.3) is 5.91 Å². The van der Waals surface area contributed by atoms with Gasteiger partial charge >= 0.3 is 0 Å². The fourth-order valence-corrected chi connectivity index (χ4v) is 4.40. The number of nitrogens with one attached hydrogen (secondary N) is 3. The lowest BCUT2D eigenvalue weighted by atomic mass is 9.99. The number of amides is 3. The Hall–Kier alpha value is -2.25. The van der Waals surface area contributed by atoms with E-state index in [1.54, 1.807) is 4.90 Å². The molecule has 7 nitrogen and oxygen atoms in total. The van der Waals surface area contributed by atoms with Gasteiger partial charge in [-0.05, 0) is 49.9 Å². The van der Waals surface area contributed by atoms with Crippen LogP contribution in [0, 0.1) is 0 Å². The van der Waals surface area contributed by atoms with E-state index < -0.39 is 6.04 Å². The van der Waals surface area contributed by atoms with Crippen LogP contribution in [0.4, 0.5) is 0 Å². The fraction of sp³-hybridized carbons (Fsp3) is 0.550. The molecule has 0 aliphatic carbocycles. The van der Waals surface area contributed by atoms with E-state index in [0.29, 0.717) is 25.1 Å².